The van der Waals surface area contributed by atoms with Gasteiger partial charge >= 0.3 is 0 Å². The van der Waals surface area contributed by atoms with Crippen LogP contribution >= 0.6 is 0 Å². The van der Waals surface area contributed by atoms with Gasteiger partial charge in [0.05, 0.1) is 12.0 Å². The molecule has 0 bridgehead atoms. The molecule has 2 aromatic rings. The molecule has 0 unspecified atom stereocenters. The standard InChI is InChI=1S/C11H13NO/c1-7(2)9-5-8-3-4-13-11(8)10(12)6-9/h3-7H,12H2,1-2H3. The first-order valence-corrected chi connectivity index (χ1v) is 4.45. The van der Waals surface area contributed by atoms with E-state index in [1.54, 1.807) is 6.26 Å². The van der Waals surface area contributed by atoms with E-state index in [2.05, 4.69) is 19.9 Å². The Kier molecular flexibility index (Phi) is 1.76. The van der Waals surface area contributed by atoms with Crippen molar-refractivity contribution in [1.29, 1.82) is 0 Å². The third kappa shape index (κ3) is 1.28. The molecule has 0 saturated heterocycles. The average Bonchev–Trinajstić information content (AvgIpc) is 2.51. The Bertz CT molecular complexity index is 429. The first kappa shape index (κ1) is 8.17. The number of fused-ring (bicyclic) bond motifs is 1. The van der Waals surface area contributed by atoms with Gasteiger partial charge in [0.1, 0.15) is 0 Å². The average molecular weight is 175 g/mol. The van der Waals surface area contributed by atoms with Crippen LogP contribution < -0.4 is 5.73 Å². The Morgan fingerprint density at radius 3 is 2.77 bits per heavy atom. The summed E-state index contributed by atoms with van der Waals surface area (Å²) in [4.78, 5) is 0. The van der Waals surface area contributed by atoms with Crippen molar-refractivity contribution in [3.63, 3.8) is 0 Å². The van der Waals surface area contributed by atoms with Crippen molar-refractivity contribution in [2.75, 3.05) is 5.73 Å². The second-order valence-corrected chi connectivity index (χ2v) is 3.60. The summed E-state index contributed by atoms with van der Waals surface area (Å²) < 4.78 is 5.26. The first-order valence-electron chi connectivity index (χ1n) is 4.45. The topological polar surface area (TPSA) is 39.2 Å². The van der Waals surface area contributed by atoms with Crippen LogP contribution in [0.3, 0.4) is 0 Å². The summed E-state index contributed by atoms with van der Waals surface area (Å²) >= 11 is 0. The van der Waals surface area contributed by atoms with E-state index >= 15 is 0 Å². The fourth-order valence-corrected chi connectivity index (χ4v) is 1.47. The van der Waals surface area contributed by atoms with Crippen molar-refractivity contribution in [2.45, 2.75) is 19.8 Å². The Balaban J connectivity index is 2.70. The molecule has 0 radical (unpaired) electrons. The second kappa shape index (κ2) is 2.80. The van der Waals surface area contributed by atoms with Gasteiger partial charge in [-0.15, -0.1) is 0 Å². The highest BCUT2D eigenvalue weighted by Gasteiger charge is 2.06. The second-order valence-electron chi connectivity index (χ2n) is 3.60. The smallest absolute Gasteiger partial charge is 0.156 e. The molecular weight excluding hydrogens is 162 g/mol. The highest BCUT2D eigenvalue weighted by molar-refractivity contribution is 5.88. The molecule has 2 rings (SSSR count). The molecule has 0 aliphatic rings. The summed E-state index contributed by atoms with van der Waals surface area (Å²) in [6.45, 7) is 4.31. The Morgan fingerprint density at radius 1 is 1.31 bits per heavy atom. The van der Waals surface area contributed by atoms with E-state index in [9.17, 15) is 0 Å². The van der Waals surface area contributed by atoms with Gasteiger partial charge in [-0.1, -0.05) is 13.8 Å². The molecule has 0 saturated carbocycles. The molecule has 13 heavy (non-hydrogen) atoms. The van der Waals surface area contributed by atoms with Crippen molar-refractivity contribution < 1.29 is 4.42 Å². The molecule has 68 valence electrons. The van der Waals surface area contributed by atoms with Gasteiger partial charge in [-0.05, 0) is 29.7 Å². The van der Waals surface area contributed by atoms with Gasteiger partial charge in [0.25, 0.3) is 0 Å². The van der Waals surface area contributed by atoms with Crippen molar-refractivity contribution in [1.82, 2.24) is 0 Å². The van der Waals surface area contributed by atoms with Crippen LogP contribution in [0.2, 0.25) is 0 Å². The van der Waals surface area contributed by atoms with Gasteiger partial charge < -0.3 is 10.2 Å². The number of nitrogen functional groups attached to an aromatic ring is 1. The number of benzene rings is 1. The number of hydrogen-bond donors (Lipinski definition) is 1. The Labute approximate surface area is 77.3 Å². The Morgan fingerprint density at radius 2 is 2.08 bits per heavy atom. The van der Waals surface area contributed by atoms with E-state index in [1.165, 1.54) is 5.56 Å². The summed E-state index contributed by atoms with van der Waals surface area (Å²) in [5.74, 6) is 0.501. The van der Waals surface area contributed by atoms with E-state index in [4.69, 9.17) is 10.2 Å². The lowest BCUT2D eigenvalue weighted by molar-refractivity contribution is 0.617. The highest BCUT2D eigenvalue weighted by atomic mass is 16.3. The lowest BCUT2D eigenvalue weighted by Crippen LogP contribution is -1.91. The molecule has 0 amide bonds. The maximum absolute atomic E-state index is 5.85. The highest BCUT2D eigenvalue weighted by Crippen LogP contribution is 2.27. The van der Waals surface area contributed by atoms with Crippen LogP contribution in [-0.2, 0) is 0 Å². The molecule has 1 heterocycles. The number of hydrogen-bond acceptors (Lipinski definition) is 2. The van der Waals surface area contributed by atoms with Crippen LogP contribution in [0.5, 0.6) is 0 Å². The van der Waals surface area contributed by atoms with E-state index in [0.29, 0.717) is 5.92 Å². The predicted octanol–water partition coefficient (Wildman–Crippen LogP) is 3.14. The van der Waals surface area contributed by atoms with Gasteiger partial charge in [-0.2, -0.15) is 0 Å². The lowest BCUT2D eigenvalue weighted by Gasteiger charge is -2.06. The molecular formula is C11H13NO. The predicted molar refractivity (Wildman–Crippen MR) is 54.7 cm³/mol. The molecule has 2 nitrogen and oxygen atoms in total. The first-order chi connectivity index (χ1) is 6.18. The SMILES string of the molecule is CC(C)c1cc(N)c2occc2c1. The summed E-state index contributed by atoms with van der Waals surface area (Å²) in [5.41, 5.74) is 8.63. The minimum absolute atomic E-state index is 0.501. The summed E-state index contributed by atoms with van der Waals surface area (Å²) in [6.07, 6.45) is 1.67. The zero-order valence-corrected chi connectivity index (χ0v) is 7.87. The van der Waals surface area contributed by atoms with Gasteiger partial charge in [0.2, 0.25) is 0 Å². The van der Waals surface area contributed by atoms with E-state index in [0.717, 1.165) is 16.7 Å². The molecule has 0 fully saturated rings. The molecule has 0 spiro atoms. The van der Waals surface area contributed by atoms with Crippen molar-refractivity contribution in [3.8, 4) is 0 Å². The number of furan rings is 1. The van der Waals surface area contributed by atoms with Crippen molar-refractivity contribution in [3.05, 3.63) is 30.0 Å². The van der Waals surface area contributed by atoms with E-state index in [1.807, 2.05) is 12.1 Å². The van der Waals surface area contributed by atoms with Crippen LogP contribution in [0.25, 0.3) is 11.0 Å². The molecule has 1 aromatic heterocycles. The van der Waals surface area contributed by atoms with Crippen LogP contribution in [0.15, 0.2) is 28.9 Å². The summed E-state index contributed by atoms with van der Waals surface area (Å²) in [5, 5.41) is 1.09. The normalized spacial score (nSPS) is 11.3. The maximum Gasteiger partial charge on any atom is 0.156 e. The zero-order chi connectivity index (χ0) is 9.42. The molecule has 1 aromatic carbocycles. The van der Waals surface area contributed by atoms with Crippen LogP contribution in [0.1, 0.15) is 25.3 Å². The number of rotatable bonds is 1. The quantitative estimate of drug-likeness (QED) is 0.676. The van der Waals surface area contributed by atoms with E-state index < -0.39 is 0 Å². The van der Waals surface area contributed by atoms with Gasteiger partial charge in [-0.3, -0.25) is 0 Å². The van der Waals surface area contributed by atoms with Crippen molar-refractivity contribution in [2.24, 2.45) is 0 Å². The van der Waals surface area contributed by atoms with Crippen LogP contribution in [0.4, 0.5) is 5.69 Å². The molecule has 0 aliphatic carbocycles. The molecule has 0 aliphatic heterocycles. The number of nitrogens with two attached hydrogens (primary N) is 1. The van der Waals surface area contributed by atoms with Crippen LogP contribution in [-0.4, -0.2) is 0 Å². The molecule has 2 N–H and O–H groups in total. The molecule has 2 heteroatoms. The van der Waals surface area contributed by atoms with Crippen molar-refractivity contribution >= 4 is 16.7 Å². The Hall–Kier alpha value is -1.44. The minimum atomic E-state index is 0.501. The minimum Gasteiger partial charge on any atom is -0.462 e. The number of anilines is 1. The fourth-order valence-electron chi connectivity index (χ4n) is 1.47. The third-order valence-corrected chi connectivity index (χ3v) is 2.27. The summed E-state index contributed by atoms with van der Waals surface area (Å²) in [6, 6.07) is 6.05. The van der Waals surface area contributed by atoms with Gasteiger partial charge in [-0.25, -0.2) is 0 Å². The monoisotopic (exact) mass is 175 g/mol. The van der Waals surface area contributed by atoms with Gasteiger partial charge in [0.15, 0.2) is 5.58 Å². The zero-order valence-electron chi connectivity index (χ0n) is 7.87. The maximum atomic E-state index is 5.85. The third-order valence-electron chi connectivity index (χ3n) is 2.27. The lowest BCUT2D eigenvalue weighted by atomic mass is 10.0. The summed E-state index contributed by atoms with van der Waals surface area (Å²) in [7, 11) is 0. The van der Waals surface area contributed by atoms with Gasteiger partial charge in [0, 0.05) is 5.39 Å². The largest absolute Gasteiger partial charge is 0.462 e. The van der Waals surface area contributed by atoms with Crippen LogP contribution in [0, 0.1) is 0 Å². The fraction of sp³-hybridized carbons (Fsp3) is 0.273. The van der Waals surface area contributed by atoms with E-state index in [-0.39, 0.29) is 0 Å². The molecule has 0 atom stereocenters.